The zero-order chi connectivity index (χ0) is 20.6. The Morgan fingerprint density at radius 3 is 2.40 bits per heavy atom. The van der Waals surface area contributed by atoms with Crippen molar-refractivity contribution in [2.75, 3.05) is 13.1 Å². The summed E-state index contributed by atoms with van der Waals surface area (Å²) in [5, 5.41) is 0. The number of hydrogen-bond donors (Lipinski definition) is 0. The fourth-order valence-corrected chi connectivity index (χ4v) is 4.24. The molecule has 0 N–H and O–H groups in total. The standard InChI is InChI=1S/C26H22FNO2/c27-23-9-5-4-8-22(23)25(29)28-16-14-26(15-17-28)13-12-21-18-20(10-11-24(21)30-26)19-6-2-1-3-7-19/h1-13,18H,14-17H2. The van der Waals surface area contributed by atoms with Crippen LogP contribution in [0.4, 0.5) is 4.39 Å². The normalized spacial score (nSPS) is 16.8. The summed E-state index contributed by atoms with van der Waals surface area (Å²) in [4.78, 5) is 14.4. The minimum atomic E-state index is -0.472. The average molecular weight is 399 g/mol. The Morgan fingerprint density at radius 2 is 1.63 bits per heavy atom. The quantitative estimate of drug-likeness (QED) is 0.564. The molecular weight excluding hydrogens is 377 g/mol. The molecule has 0 atom stereocenters. The molecule has 5 rings (SSSR count). The second-order valence-electron chi connectivity index (χ2n) is 7.89. The van der Waals surface area contributed by atoms with E-state index in [1.165, 1.54) is 11.6 Å². The number of amides is 1. The van der Waals surface area contributed by atoms with Crippen molar-refractivity contribution in [2.24, 2.45) is 0 Å². The number of carbonyl (C=O) groups is 1. The first-order valence-electron chi connectivity index (χ1n) is 10.3. The lowest BCUT2D eigenvalue weighted by Gasteiger charge is -2.42. The fraction of sp³-hybridized carbons (Fsp3) is 0.192. The fourth-order valence-electron chi connectivity index (χ4n) is 4.24. The molecule has 0 aromatic heterocycles. The summed E-state index contributed by atoms with van der Waals surface area (Å²) in [7, 11) is 0. The van der Waals surface area contributed by atoms with Crippen LogP contribution >= 0.6 is 0 Å². The summed E-state index contributed by atoms with van der Waals surface area (Å²) < 4.78 is 20.4. The first-order valence-corrected chi connectivity index (χ1v) is 10.3. The van der Waals surface area contributed by atoms with Crippen LogP contribution < -0.4 is 4.74 Å². The van der Waals surface area contributed by atoms with E-state index in [1.807, 2.05) is 24.3 Å². The van der Waals surface area contributed by atoms with Crippen LogP contribution in [-0.2, 0) is 0 Å². The molecule has 30 heavy (non-hydrogen) atoms. The van der Waals surface area contributed by atoms with Gasteiger partial charge in [-0.15, -0.1) is 0 Å². The molecule has 3 nitrogen and oxygen atoms in total. The van der Waals surface area contributed by atoms with Crippen LogP contribution in [-0.4, -0.2) is 29.5 Å². The van der Waals surface area contributed by atoms with E-state index in [2.05, 4.69) is 36.4 Å². The topological polar surface area (TPSA) is 29.5 Å². The van der Waals surface area contributed by atoms with Gasteiger partial charge in [-0.1, -0.05) is 54.6 Å². The lowest BCUT2D eigenvalue weighted by molar-refractivity contribution is 0.0327. The number of rotatable bonds is 2. The first-order chi connectivity index (χ1) is 14.6. The van der Waals surface area contributed by atoms with E-state index in [0.717, 1.165) is 16.9 Å². The van der Waals surface area contributed by atoms with Gasteiger partial charge in [-0.25, -0.2) is 4.39 Å². The first kappa shape index (κ1) is 18.6. The highest BCUT2D eigenvalue weighted by molar-refractivity contribution is 5.94. The van der Waals surface area contributed by atoms with E-state index in [0.29, 0.717) is 25.9 Å². The SMILES string of the molecule is O=C(c1ccccc1F)N1CCC2(C=Cc3cc(-c4ccccc4)ccc3O2)CC1. The number of ether oxygens (including phenoxy) is 1. The van der Waals surface area contributed by atoms with Gasteiger partial charge in [0.05, 0.1) is 5.56 Å². The number of hydrogen-bond acceptors (Lipinski definition) is 2. The van der Waals surface area contributed by atoms with Gasteiger partial charge in [-0.05, 0) is 41.5 Å². The molecule has 3 aromatic rings. The van der Waals surface area contributed by atoms with Gasteiger partial charge in [0.15, 0.2) is 0 Å². The molecule has 1 spiro atoms. The summed E-state index contributed by atoms with van der Waals surface area (Å²) in [6.45, 7) is 1.07. The lowest BCUT2D eigenvalue weighted by Crippen LogP contribution is -2.49. The largest absolute Gasteiger partial charge is 0.482 e. The van der Waals surface area contributed by atoms with Crippen LogP contribution in [0.2, 0.25) is 0 Å². The van der Waals surface area contributed by atoms with Crippen LogP contribution in [0.1, 0.15) is 28.8 Å². The molecule has 0 bridgehead atoms. The molecule has 1 amide bonds. The van der Waals surface area contributed by atoms with Crippen LogP contribution in [0.3, 0.4) is 0 Å². The molecule has 1 saturated heterocycles. The van der Waals surface area contributed by atoms with Gasteiger partial charge in [-0.3, -0.25) is 4.79 Å². The van der Waals surface area contributed by atoms with Crippen molar-refractivity contribution in [2.45, 2.75) is 18.4 Å². The smallest absolute Gasteiger partial charge is 0.256 e. The second kappa shape index (κ2) is 7.45. The van der Waals surface area contributed by atoms with E-state index < -0.39 is 11.4 Å². The van der Waals surface area contributed by atoms with E-state index >= 15 is 0 Å². The van der Waals surface area contributed by atoms with Gasteiger partial charge in [0.1, 0.15) is 17.2 Å². The molecule has 3 aromatic carbocycles. The third kappa shape index (κ3) is 3.39. The summed E-state index contributed by atoms with van der Waals surface area (Å²) in [6, 6.07) is 22.7. The number of likely N-dealkylation sites (tertiary alicyclic amines) is 1. The molecule has 0 radical (unpaired) electrons. The molecule has 0 aliphatic carbocycles. The van der Waals surface area contributed by atoms with E-state index in [4.69, 9.17) is 4.74 Å². The Balaban J connectivity index is 1.31. The van der Waals surface area contributed by atoms with E-state index in [9.17, 15) is 9.18 Å². The predicted octanol–water partition coefficient (Wildman–Crippen LogP) is 5.57. The van der Waals surface area contributed by atoms with Gasteiger partial charge in [0, 0.05) is 31.5 Å². The number of halogens is 1. The van der Waals surface area contributed by atoms with Crippen molar-refractivity contribution in [3.05, 3.63) is 95.8 Å². The summed E-state index contributed by atoms with van der Waals surface area (Å²) in [6.07, 6.45) is 5.61. The van der Waals surface area contributed by atoms with Crippen molar-refractivity contribution in [1.29, 1.82) is 0 Å². The molecule has 0 unspecified atom stereocenters. The Bertz CT molecular complexity index is 1110. The van der Waals surface area contributed by atoms with Gasteiger partial charge in [0.2, 0.25) is 0 Å². The van der Waals surface area contributed by atoms with Crippen LogP contribution in [0.5, 0.6) is 5.75 Å². The molecule has 2 aliphatic rings. The van der Waals surface area contributed by atoms with Crippen molar-refractivity contribution >= 4 is 12.0 Å². The Morgan fingerprint density at radius 1 is 0.900 bits per heavy atom. The third-order valence-electron chi connectivity index (χ3n) is 6.00. The number of fused-ring (bicyclic) bond motifs is 1. The molecular formula is C26H22FNO2. The van der Waals surface area contributed by atoms with Crippen molar-refractivity contribution < 1.29 is 13.9 Å². The van der Waals surface area contributed by atoms with Crippen molar-refractivity contribution in [3.63, 3.8) is 0 Å². The summed E-state index contributed by atoms with van der Waals surface area (Å²) >= 11 is 0. The van der Waals surface area contributed by atoms with E-state index in [1.54, 1.807) is 23.1 Å². The van der Waals surface area contributed by atoms with Crippen LogP contribution in [0.15, 0.2) is 78.9 Å². The van der Waals surface area contributed by atoms with Gasteiger partial charge in [0.25, 0.3) is 5.91 Å². The zero-order valence-electron chi connectivity index (χ0n) is 16.6. The highest BCUT2D eigenvalue weighted by Crippen LogP contribution is 2.39. The molecule has 4 heteroatoms. The highest BCUT2D eigenvalue weighted by Gasteiger charge is 2.38. The van der Waals surface area contributed by atoms with Gasteiger partial charge < -0.3 is 9.64 Å². The zero-order valence-corrected chi connectivity index (χ0v) is 16.6. The maximum absolute atomic E-state index is 14.0. The summed E-state index contributed by atoms with van der Waals surface area (Å²) in [5.41, 5.74) is 3.12. The highest BCUT2D eigenvalue weighted by atomic mass is 19.1. The average Bonchev–Trinajstić information content (AvgIpc) is 2.80. The Labute approximate surface area is 175 Å². The lowest BCUT2D eigenvalue weighted by atomic mass is 9.87. The number of piperidine rings is 1. The number of carbonyl (C=O) groups excluding carboxylic acids is 1. The van der Waals surface area contributed by atoms with E-state index in [-0.39, 0.29) is 11.5 Å². The number of benzene rings is 3. The van der Waals surface area contributed by atoms with Crippen LogP contribution in [0.25, 0.3) is 17.2 Å². The van der Waals surface area contributed by atoms with Gasteiger partial charge in [-0.2, -0.15) is 0 Å². The Hall–Kier alpha value is -3.40. The third-order valence-corrected chi connectivity index (χ3v) is 6.00. The monoisotopic (exact) mass is 399 g/mol. The molecule has 2 aliphatic heterocycles. The molecule has 2 heterocycles. The molecule has 150 valence electrons. The van der Waals surface area contributed by atoms with Crippen LogP contribution in [0, 0.1) is 5.82 Å². The minimum absolute atomic E-state index is 0.132. The predicted molar refractivity (Wildman–Crippen MR) is 116 cm³/mol. The molecule has 0 saturated carbocycles. The van der Waals surface area contributed by atoms with Gasteiger partial charge >= 0.3 is 0 Å². The second-order valence-corrected chi connectivity index (χ2v) is 7.89. The Kier molecular flexibility index (Phi) is 4.62. The maximum Gasteiger partial charge on any atom is 0.256 e. The maximum atomic E-state index is 14.0. The van der Waals surface area contributed by atoms with Crippen molar-refractivity contribution in [3.8, 4) is 16.9 Å². The minimum Gasteiger partial charge on any atom is -0.482 e. The summed E-state index contributed by atoms with van der Waals surface area (Å²) in [5.74, 6) is 0.140. The molecule has 1 fully saturated rings. The number of nitrogens with zero attached hydrogens (tertiary/aromatic N) is 1. The van der Waals surface area contributed by atoms with Crippen molar-refractivity contribution in [1.82, 2.24) is 4.90 Å².